The summed E-state index contributed by atoms with van der Waals surface area (Å²) >= 11 is 5.70. The predicted octanol–water partition coefficient (Wildman–Crippen LogP) is 3.07. The molecule has 0 radical (unpaired) electrons. The fourth-order valence-corrected chi connectivity index (χ4v) is 3.16. The average Bonchev–Trinajstić information content (AvgIpc) is 2.54. The third kappa shape index (κ3) is 3.69. The van der Waals surface area contributed by atoms with E-state index in [0.29, 0.717) is 5.75 Å². The van der Waals surface area contributed by atoms with Crippen molar-refractivity contribution in [2.75, 3.05) is 18.9 Å². The molecule has 10 heteroatoms. The molecule has 0 unspecified atom stereocenters. The van der Waals surface area contributed by atoms with Crippen molar-refractivity contribution in [1.29, 1.82) is 0 Å². The lowest BCUT2D eigenvalue weighted by molar-refractivity contribution is -0.384. The maximum Gasteiger partial charge on any atom is 0.289 e. The number of ether oxygens (including phenoxy) is 2. The highest BCUT2D eigenvalue weighted by Crippen LogP contribution is 2.32. The molecule has 0 bridgehead atoms. The van der Waals surface area contributed by atoms with E-state index in [0.717, 1.165) is 12.1 Å². The van der Waals surface area contributed by atoms with Crippen molar-refractivity contribution in [3.63, 3.8) is 0 Å². The Labute approximate surface area is 143 Å². The van der Waals surface area contributed by atoms with E-state index >= 15 is 0 Å². The molecule has 128 valence electrons. The second kappa shape index (κ2) is 6.93. The molecule has 0 aliphatic carbocycles. The summed E-state index contributed by atoms with van der Waals surface area (Å²) < 4.78 is 37.4. The zero-order chi connectivity index (χ0) is 17.9. The number of hydrogen-bond acceptors (Lipinski definition) is 6. The lowest BCUT2D eigenvalue weighted by Gasteiger charge is -2.13. The summed E-state index contributed by atoms with van der Waals surface area (Å²) in [6.45, 7) is 0. The number of nitro groups is 1. The van der Waals surface area contributed by atoms with Gasteiger partial charge in [-0.25, -0.2) is 8.42 Å². The maximum absolute atomic E-state index is 12.5. The number of methoxy groups -OCH3 is 2. The first-order valence-electron chi connectivity index (χ1n) is 6.47. The minimum absolute atomic E-state index is 0.134. The van der Waals surface area contributed by atoms with Gasteiger partial charge in [0.2, 0.25) is 0 Å². The van der Waals surface area contributed by atoms with Crippen LogP contribution in [0.2, 0.25) is 5.02 Å². The molecule has 0 aromatic heterocycles. The Hall–Kier alpha value is -2.52. The van der Waals surface area contributed by atoms with Gasteiger partial charge in [0.1, 0.15) is 16.5 Å². The topological polar surface area (TPSA) is 108 Å². The van der Waals surface area contributed by atoms with Gasteiger partial charge in [-0.3, -0.25) is 14.8 Å². The number of anilines is 1. The SMILES string of the molecule is COc1ccc(OC)c(NS(=O)(=O)c2ccc(Cl)c([N+](=O)[O-])c2)c1. The van der Waals surface area contributed by atoms with Gasteiger partial charge in [0.25, 0.3) is 15.7 Å². The van der Waals surface area contributed by atoms with E-state index in [-0.39, 0.29) is 21.4 Å². The molecule has 0 aliphatic rings. The van der Waals surface area contributed by atoms with Crippen molar-refractivity contribution < 1.29 is 22.8 Å². The lowest BCUT2D eigenvalue weighted by atomic mass is 10.3. The monoisotopic (exact) mass is 372 g/mol. The maximum atomic E-state index is 12.5. The van der Waals surface area contributed by atoms with Crippen molar-refractivity contribution in [3.8, 4) is 11.5 Å². The number of sulfonamides is 1. The highest BCUT2D eigenvalue weighted by Gasteiger charge is 2.22. The van der Waals surface area contributed by atoms with Crippen molar-refractivity contribution in [1.82, 2.24) is 0 Å². The molecule has 0 fully saturated rings. The molecule has 24 heavy (non-hydrogen) atoms. The molecular formula is C14H13ClN2O6S. The van der Waals surface area contributed by atoms with E-state index in [1.165, 1.54) is 32.4 Å². The molecule has 0 aliphatic heterocycles. The Balaban J connectivity index is 2.46. The van der Waals surface area contributed by atoms with Crippen LogP contribution >= 0.6 is 11.6 Å². The first kappa shape index (κ1) is 17.8. The van der Waals surface area contributed by atoms with Crippen LogP contribution in [-0.4, -0.2) is 27.6 Å². The summed E-state index contributed by atoms with van der Waals surface area (Å²) in [4.78, 5) is 9.85. The third-order valence-electron chi connectivity index (χ3n) is 3.08. The zero-order valence-corrected chi connectivity index (χ0v) is 14.2. The van der Waals surface area contributed by atoms with Crippen LogP contribution in [0.1, 0.15) is 0 Å². The van der Waals surface area contributed by atoms with Gasteiger partial charge in [0.15, 0.2) is 0 Å². The number of nitrogens with one attached hydrogen (secondary N) is 1. The number of nitro benzene ring substituents is 1. The molecule has 2 aromatic rings. The molecule has 0 heterocycles. The summed E-state index contributed by atoms with van der Waals surface area (Å²) in [7, 11) is -1.28. The van der Waals surface area contributed by atoms with E-state index in [2.05, 4.69) is 4.72 Å². The fourth-order valence-electron chi connectivity index (χ4n) is 1.90. The van der Waals surface area contributed by atoms with Gasteiger partial charge in [0, 0.05) is 12.1 Å². The van der Waals surface area contributed by atoms with Crippen molar-refractivity contribution in [2.45, 2.75) is 4.90 Å². The van der Waals surface area contributed by atoms with Crippen LogP contribution < -0.4 is 14.2 Å². The zero-order valence-electron chi connectivity index (χ0n) is 12.6. The van der Waals surface area contributed by atoms with Crippen LogP contribution in [0, 0.1) is 10.1 Å². The van der Waals surface area contributed by atoms with Crippen molar-refractivity contribution >= 4 is 33.0 Å². The third-order valence-corrected chi connectivity index (χ3v) is 4.76. The Bertz CT molecular complexity index is 885. The summed E-state index contributed by atoms with van der Waals surface area (Å²) in [6, 6.07) is 7.77. The van der Waals surface area contributed by atoms with Crippen LogP contribution in [-0.2, 0) is 10.0 Å². The molecule has 0 saturated heterocycles. The van der Waals surface area contributed by atoms with E-state index in [1.807, 2.05) is 0 Å². The second-order valence-corrected chi connectivity index (χ2v) is 6.63. The second-order valence-electron chi connectivity index (χ2n) is 4.54. The van der Waals surface area contributed by atoms with Crippen LogP contribution in [0.15, 0.2) is 41.3 Å². The Kier molecular flexibility index (Phi) is 5.15. The van der Waals surface area contributed by atoms with E-state index < -0.39 is 20.6 Å². The number of nitrogens with zero attached hydrogens (tertiary/aromatic N) is 1. The van der Waals surface area contributed by atoms with Gasteiger partial charge in [-0.05, 0) is 24.3 Å². The number of rotatable bonds is 6. The van der Waals surface area contributed by atoms with Gasteiger partial charge in [-0.15, -0.1) is 0 Å². The molecule has 8 nitrogen and oxygen atoms in total. The van der Waals surface area contributed by atoms with Crippen LogP contribution in [0.3, 0.4) is 0 Å². The van der Waals surface area contributed by atoms with Crippen LogP contribution in [0.5, 0.6) is 11.5 Å². The number of halogens is 1. The lowest BCUT2D eigenvalue weighted by Crippen LogP contribution is -2.14. The standard InChI is InChI=1S/C14H13ClN2O6S/c1-22-9-3-6-14(23-2)12(7-9)16-24(20,21)10-4-5-11(15)13(8-10)17(18)19/h3-8,16H,1-2H3. The first-order chi connectivity index (χ1) is 11.3. The molecule has 0 saturated carbocycles. The summed E-state index contributed by atoms with van der Waals surface area (Å²) in [5.41, 5.74) is -0.369. The van der Waals surface area contributed by atoms with Crippen LogP contribution in [0.4, 0.5) is 11.4 Å². The fraction of sp³-hybridized carbons (Fsp3) is 0.143. The highest BCUT2D eigenvalue weighted by molar-refractivity contribution is 7.92. The van der Waals surface area contributed by atoms with E-state index in [4.69, 9.17) is 21.1 Å². The van der Waals surface area contributed by atoms with Gasteiger partial charge < -0.3 is 9.47 Å². The predicted molar refractivity (Wildman–Crippen MR) is 88.5 cm³/mol. The van der Waals surface area contributed by atoms with Gasteiger partial charge >= 0.3 is 0 Å². The molecule has 0 spiro atoms. The van der Waals surface area contributed by atoms with Crippen molar-refractivity contribution in [2.24, 2.45) is 0 Å². The Morgan fingerprint density at radius 3 is 2.42 bits per heavy atom. The summed E-state index contributed by atoms with van der Waals surface area (Å²) in [5, 5.41) is 10.8. The number of benzene rings is 2. The Morgan fingerprint density at radius 1 is 1.12 bits per heavy atom. The largest absolute Gasteiger partial charge is 0.497 e. The van der Waals surface area contributed by atoms with Gasteiger partial charge in [-0.2, -0.15) is 0 Å². The normalized spacial score (nSPS) is 11.0. The van der Waals surface area contributed by atoms with Crippen LogP contribution in [0.25, 0.3) is 0 Å². The molecule has 1 N–H and O–H groups in total. The molecule has 2 aromatic carbocycles. The first-order valence-corrected chi connectivity index (χ1v) is 8.33. The minimum Gasteiger partial charge on any atom is -0.497 e. The van der Waals surface area contributed by atoms with Crippen molar-refractivity contribution in [3.05, 3.63) is 51.5 Å². The number of hydrogen-bond donors (Lipinski definition) is 1. The minimum atomic E-state index is -4.09. The summed E-state index contributed by atoms with van der Waals surface area (Å²) in [6.07, 6.45) is 0. The highest BCUT2D eigenvalue weighted by atomic mass is 35.5. The Morgan fingerprint density at radius 2 is 1.83 bits per heavy atom. The van der Waals surface area contributed by atoms with E-state index in [9.17, 15) is 18.5 Å². The summed E-state index contributed by atoms with van der Waals surface area (Å²) in [5.74, 6) is 0.679. The quantitative estimate of drug-likeness (QED) is 0.616. The molecule has 0 amide bonds. The van der Waals surface area contributed by atoms with Gasteiger partial charge in [0.05, 0.1) is 29.7 Å². The smallest absolute Gasteiger partial charge is 0.289 e. The van der Waals surface area contributed by atoms with E-state index in [1.54, 1.807) is 6.07 Å². The average molecular weight is 373 g/mol. The van der Waals surface area contributed by atoms with Gasteiger partial charge in [-0.1, -0.05) is 11.6 Å². The molecule has 0 atom stereocenters. The molecular weight excluding hydrogens is 360 g/mol. The molecule has 2 rings (SSSR count).